The van der Waals surface area contributed by atoms with Crippen molar-refractivity contribution >= 4 is 54.5 Å². The number of carbonyl (C=O) groups is 1. The van der Waals surface area contributed by atoms with Crippen LogP contribution in [0.25, 0.3) is 0 Å². The molecule has 1 saturated heterocycles. The van der Waals surface area contributed by atoms with Gasteiger partial charge in [0, 0.05) is 57.8 Å². The quantitative estimate of drug-likeness (QED) is 0.631. The number of carbonyl (C=O) groups excluding carboxylic acids is 1. The summed E-state index contributed by atoms with van der Waals surface area (Å²) in [7, 11) is 1.58. The van der Waals surface area contributed by atoms with Gasteiger partial charge in [-0.15, -0.1) is 37.2 Å². The number of benzene rings is 1. The summed E-state index contributed by atoms with van der Waals surface area (Å²) in [6.07, 6.45) is 2.87. The van der Waals surface area contributed by atoms with Crippen molar-refractivity contribution in [2.24, 2.45) is 11.7 Å². The lowest BCUT2D eigenvalue weighted by atomic mass is 10.2. The minimum Gasteiger partial charge on any atom is -0.380 e. The van der Waals surface area contributed by atoms with Crippen molar-refractivity contribution in [3.05, 3.63) is 24.3 Å². The topological polar surface area (TPSA) is 70.8 Å². The second kappa shape index (κ2) is 13.5. The number of amides is 1. The van der Waals surface area contributed by atoms with E-state index < -0.39 is 0 Å². The Labute approximate surface area is 186 Å². The van der Waals surface area contributed by atoms with E-state index in [4.69, 9.17) is 10.5 Å². The van der Waals surface area contributed by atoms with Gasteiger partial charge in [-0.25, -0.2) is 0 Å². The van der Waals surface area contributed by atoms with Crippen molar-refractivity contribution in [2.45, 2.75) is 25.4 Å². The molecule has 6 nitrogen and oxygen atoms in total. The van der Waals surface area contributed by atoms with Gasteiger partial charge in [0.05, 0.1) is 12.5 Å². The van der Waals surface area contributed by atoms with Crippen LogP contribution in [0, 0.1) is 5.92 Å². The summed E-state index contributed by atoms with van der Waals surface area (Å²) >= 11 is 0. The molecule has 0 spiro atoms. The molecule has 1 unspecified atom stereocenters. The SMILES string of the molecule is COC(CN)CC(=O)Nc1cccc(N2CCN(CC3CC3)CC2)c1.Cl.Cl.Cl. The first-order valence-corrected chi connectivity index (χ1v) is 9.28. The van der Waals surface area contributed by atoms with Crippen LogP contribution in [0.1, 0.15) is 19.3 Å². The Hall–Kier alpha value is -0.760. The van der Waals surface area contributed by atoms with E-state index in [1.807, 2.05) is 12.1 Å². The Kier molecular flexibility index (Phi) is 13.1. The van der Waals surface area contributed by atoms with Gasteiger partial charge in [-0.3, -0.25) is 9.69 Å². The van der Waals surface area contributed by atoms with E-state index in [1.165, 1.54) is 25.1 Å². The second-order valence-electron chi connectivity index (χ2n) is 7.13. The Morgan fingerprint density at radius 2 is 1.89 bits per heavy atom. The van der Waals surface area contributed by atoms with Gasteiger partial charge >= 0.3 is 0 Å². The molecule has 3 N–H and O–H groups in total. The summed E-state index contributed by atoms with van der Waals surface area (Å²) in [6, 6.07) is 8.09. The first kappa shape index (κ1) is 27.2. The van der Waals surface area contributed by atoms with Crippen molar-refractivity contribution in [3.8, 4) is 0 Å². The highest BCUT2D eigenvalue weighted by molar-refractivity contribution is 5.91. The summed E-state index contributed by atoms with van der Waals surface area (Å²) in [5, 5.41) is 2.95. The molecule has 0 aromatic heterocycles. The number of nitrogens with zero attached hydrogens (tertiary/aromatic N) is 2. The lowest BCUT2D eigenvalue weighted by Gasteiger charge is -2.36. The number of hydrogen-bond donors (Lipinski definition) is 2. The van der Waals surface area contributed by atoms with Crippen LogP contribution in [0.2, 0.25) is 0 Å². The molecule has 0 radical (unpaired) electrons. The number of anilines is 2. The molecule has 1 saturated carbocycles. The molecule has 162 valence electrons. The van der Waals surface area contributed by atoms with Crippen molar-refractivity contribution < 1.29 is 9.53 Å². The first-order chi connectivity index (χ1) is 12.2. The van der Waals surface area contributed by atoms with Gasteiger partial charge in [0.2, 0.25) is 5.91 Å². The van der Waals surface area contributed by atoms with E-state index in [1.54, 1.807) is 7.11 Å². The van der Waals surface area contributed by atoms with Gasteiger partial charge in [0.1, 0.15) is 0 Å². The highest BCUT2D eigenvalue weighted by Crippen LogP contribution is 2.30. The van der Waals surface area contributed by atoms with E-state index in [0.29, 0.717) is 6.54 Å². The van der Waals surface area contributed by atoms with Crippen molar-refractivity contribution in [2.75, 3.05) is 56.6 Å². The van der Waals surface area contributed by atoms with Crippen LogP contribution in [0.4, 0.5) is 11.4 Å². The number of nitrogens with one attached hydrogen (secondary N) is 1. The van der Waals surface area contributed by atoms with Crippen molar-refractivity contribution in [1.29, 1.82) is 0 Å². The Morgan fingerprint density at radius 3 is 2.46 bits per heavy atom. The first-order valence-electron chi connectivity index (χ1n) is 9.28. The minimum atomic E-state index is -0.234. The van der Waals surface area contributed by atoms with Crippen LogP contribution in [-0.2, 0) is 9.53 Å². The highest BCUT2D eigenvalue weighted by atomic mass is 35.5. The molecule has 1 amide bonds. The van der Waals surface area contributed by atoms with Crippen LogP contribution in [-0.4, -0.2) is 63.3 Å². The van der Waals surface area contributed by atoms with E-state index in [9.17, 15) is 4.79 Å². The molecule has 1 atom stereocenters. The molecule has 1 aliphatic heterocycles. The number of halogens is 3. The van der Waals surface area contributed by atoms with E-state index in [0.717, 1.165) is 37.8 Å². The summed E-state index contributed by atoms with van der Waals surface area (Å²) in [5.41, 5.74) is 7.58. The van der Waals surface area contributed by atoms with Gasteiger partial charge in [-0.05, 0) is 37.0 Å². The summed E-state index contributed by atoms with van der Waals surface area (Å²) in [4.78, 5) is 17.1. The summed E-state index contributed by atoms with van der Waals surface area (Å²) in [5.74, 6) is 0.887. The fraction of sp³-hybridized carbons (Fsp3) is 0.632. The molecule has 1 heterocycles. The predicted molar refractivity (Wildman–Crippen MR) is 123 cm³/mol. The Bertz CT molecular complexity index is 578. The molecule has 2 fully saturated rings. The summed E-state index contributed by atoms with van der Waals surface area (Å²) < 4.78 is 5.17. The molecule has 9 heteroatoms. The summed E-state index contributed by atoms with van der Waals surface area (Å²) in [6.45, 7) is 5.95. The van der Waals surface area contributed by atoms with Gasteiger partial charge in [-0.2, -0.15) is 0 Å². The third-order valence-electron chi connectivity index (χ3n) is 5.09. The highest BCUT2D eigenvalue weighted by Gasteiger charge is 2.26. The fourth-order valence-electron chi connectivity index (χ4n) is 3.32. The molecule has 1 aromatic rings. The molecular weight excluding hydrogens is 423 g/mol. The van der Waals surface area contributed by atoms with Gasteiger partial charge in [-0.1, -0.05) is 6.07 Å². The minimum absolute atomic E-state index is 0. The fourth-order valence-corrected chi connectivity index (χ4v) is 3.32. The Morgan fingerprint density at radius 1 is 1.21 bits per heavy atom. The van der Waals surface area contributed by atoms with Gasteiger partial charge in [0.15, 0.2) is 0 Å². The number of hydrogen-bond acceptors (Lipinski definition) is 5. The average Bonchev–Trinajstić information content (AvgIpc) is 3.44. The number of nitrogens with two attached hydrogens (primary N) is 1. The molecule has 3 rings (SSSR count). The largest absolute Gasteiger partial charge is 0.380 e. The monoisotopic (exact) mass is 454 g/mol. The standard InChI is InChI=1S/C19H30N4O2.3ClH/c1-25-18(13-20)12-19(24)21-16-3-2-4-17(11-16)23-9-7-22(8-10-23)14-15-5-6-15;;;/h2-4,11,15,18H,5-10,12-14,20H2,1H3,(H,21,24);3*1H. The van der Waals surface area contributed by atoms with Crippen LogP contribution >= 0.6 is 37.2 Å². The Balaban J connectivity index is 0.00000243. The number of methoxy groups -OCH3 is 1. The van der Waals surface area contributed by atoms with Crippen LogP contribution in [0.15, 0.2) is 24.3 Å². The van der Waals surface area contributed by atoms with Crippen LogP contribution in [0.5, 0.6) is 0 Å². The third-order valence-corrected chi connectivity index (χ3v) is 5.09. The zero-order chi connectivity index (χ0) is 17.6. The molecule has 2 aliphatic rings. The maximum Gasteiger partial charge on any atom is 0.227 e. The van der Waals surface area contributed by atoms with Crippen molar-refractivity contribution in [3.63, 3.8) is 0 Å². The number of ether oxygens (including phenoxy) is 1. The normalized spacial score (nSPS) is 17.6. The molecule has 1 aliphatic carbocycles. The average molecular weight is 456 g/mol. The number of rotatable bonds is 8. The van der Waals surface area contributed by atoms with E-state index >= 15 is 0 Å². The smallest absolute Gasteiger partial charge is 0.227 e. The van der Waals surface area contributed by atoms with E-state index in [2.05, 4.69) is 27.2 Å². The second-order valence-corrected chi connectivity index (χ2v) is 7.13. The molecular formula is C19H33Cl3N4O2. The third kappa shape index (κ3) is 8.31. The van der Waals surface area contributed by atoms with Crippen molar-refractivity contribution in [1.82, 2.24) is 4.90 Å². The number of piperazine rings is 1. The lowest BCUT2D eigenvalue weighted by molar-refractivity contribution is -0.118. The zero-order valence-corrected chi connectivity index (χ0v) is 18.8. The molecule has 1 aromatic carbocycles. The molecule has 28 heavy (non-hydrogen) atoms. The lowest BCUT2D eigenvalue weighted by Crippen LogP contribution is -2.47. The zero-order valence-electron chi connectivity index (χ0n) is 16.3. The van der Waals surface area contributed by atoms with Gasteiger partial charge in [0.25, 0.3) is 0 Å². The maximum atomic E-state index is 12.1. The predicted octanol–water partition coefficient (Wildman–Crippen LogP) is 2.79. The van der Waals surface area contributed by atoms with E-state index in [-0.39, 0.29) is 55.7 Å². The van der Waals surface area contributed by atoms with Gasteiger partial charge < -0.3 is 20.7 Å². The van der Waals surface area contributed by atoms with Crippen LogP contribution in [0.3, 0.4) is 0 Å². The molecule has 0 bridgehead atoms. The van der Waals surface area contributed by atoms with Crippen LogP contribution < -0.4 is 16.0 Å². The maximum absolute atomic E-state index is 12.1.